The van der Waals surface area contributed by atoms with Crippen molar-refractivity contribution in [3.05, 3.63) is 76.9 Å². The van der Waals surface area contributed by atoms with E-state index in [-0.39, 0.29) is 93.3 Å². The summed E-state index contributed by atoms with van der Waals surface area (Å²) in [6.07, 6.45) is 8.47. The molecule has 1 fully saturated rings. The summed E-state index contributed by atoms with van der Waals surface area (Å²) in [6, 6.07) is 9.74. The van der Waals surface area contributed by atoms with E-state index < -0.39 is 35.3 Å². The number of nitrogens with one attached hydrogen (secondary N) is 5. The first kappa shape index (κ1) is 51.1. The lowest BCUT2D eigenvalue weighted by Gasteiger charge is -2.25. The number of nitrogens with two attached hydrogens (primary N) is 2. The lowest BCUT2D eigenvalue weighted by molar-refractivity contribution is -0.137. The minimum atomic E-state index is -1.06. The van der Waals surface area contributed by atoms with Crippen LogP contribution in [0.3, 0.4) is 0 Å². The van der Waals surface area contributed by atoms with Crippen LogP contribution in [0.25, 0.3) is 6.08 Å². The second kappa shape index (κ2) is 24.0. The average Bonchev–Trinajstić information content (AvgIpc) is 4.07. The molecule has 10 N–H and O–H groups in total. The molecule has 2 aromatic rings. The summed E-state index contributed by atoms with van der Waals surface area (Å²) in [4.78, 5) is 110. The molecule has 2 unspecified atom stereocenters. The molecule has 0 saturated heterocycles. The number of amides is 9. The predicted molar refractivity (Wildman–Crippen MR) is 252 cm³/mol. The maximum Gasteiger partial charge on any atom is 0.312 e. The Hall–Kier alpha value is -6.89. The molecule has 1 saturated carbocycles. The van der Waals surface area contributed by atoms with Crippen LogP contribution in [-0.2, 0) is 45.5 Å². The molecular weight excluding hydrogens is 861 g/mol. The number of imide groups is 1. The number of carbonyl (C=O) groups excluding carboxylic acids is 8. The summed E-state index contributed by atoms with van der Waals surface area (Å²) in [5, 5.41) is 23.4. The molecule has 1 aliphatic carbocycles. The van der Waals surface area contributed by atoms with Gasteiger partial charge < -0.3 is 48.1 Å². The van der Waals surface area contributed by atoms with Gasteiger partial charge in [-0.25, -0.2) is 9.79 Å². The van der Waals surface area contributed by atoms with Crippen molar-refractivity contribution in [1.29, 1.82) is 0 Å². The molecule has 5 rings (SSSR count). The average molecular weight is 925 g/mol. The van der Waals surface area contributed by atoms with Crippen LogP contribution in [0.5, 0.6) is 0 Å². The highest BCUT2D eigenvalue weighted by Gasteiger charge is 2.51. The van der Waals surface area contributed by atoms with Crippen molar-refractivity contribution < 1.29 is 43.5 Å². The Morgan fingerprint density at radius 2 is 1.66 bits per heavy atom. The fraction of sp³-hybridized carbons (Fsp3) is 0.479. The third kappa shape index (κ3) is 14.3. The molecule has 9 amide bonds. The molecule has 2 aliphatic heterocycles. The van der Waals surface area contributed by atoms with E-state index in [2.05, 4.69) is 31.6 Å². The van der Waals surface area contributed by atoms with Crippen molar-refractivity contribution in [3.8, 4) is 0 Å². The van der Waals surface area contributed by atoms with Gasteiger partial charge in [0.05, 0.1) is 17.7 Å². The zero-order valence-electron chi connectivity index (χ0n) is 38.5. The second-order valence-corrected chi connectivity index (χ2v) is 17.4. The van der Waals surface area contributed by atoms with Gasteiger partial charge in [-0.1, -0.05) is 51.5 Å². The zero-order chi connectivity index (χ0) is 48.7. The minimum Gasteiger partial charge on any atom is -0.395 e. The van der Waals surface area contributed by atoms with E-state index in [0.29, 0.717) is 73.1 Å². The molecule has 0 spiro atoms. The molecular formula is C48H64N10O9. The third-order valence-corrected chi connectivity index (χ3v) is 11.9. The standard InChI is InChI=1S/C48H64N10O9/c1-4-21-57(23-24-59)45(65)33-26-32-14-15-34(28-37(32)54-38(49)27-33)48(18-19-48)46(66)52-29-31-10-8-11-35(25-31)53-43(63)36(12-9-20-51-47(50)67)55-44(64)42(30(2)3)56-39(60)13-6-5-7-22-58-40(61)16-17-41(58)62/h8,10-11,14-17,25-26,28,30,36,42,59H,4-7,9,12-13,18-24,27,29H2,1-3H3,(H2,49,54)(H,52,66)(H,53,63)(H,55,64)(H,56,60)(H3,50,51,67). The molecule has 360 valence electrons. The Balaban J connectivity index is 1.18. The van der Waals surface area contributed by atoms with Crippen LogP contribution in [0.2, 0.25) is 0 Å². The first-order valence-corrected chi connectivity index (χ1v) is 23.0. The van der Waals surface area contributed by atoms with Crippen LogP contribution in [0, 0.1) is 5.92 Å². The van der Waals surface area contributed by atoms with Gasteiger partial charge in [0.1, 0.15) is 17.9 Å². The van der Waals surface area contributed by atoms with Crippen LogP contribution < -0.4 is 38.1 Å². The number of aliphatic imine (C=N–C) groups is 1. The predicted octanol–water partition coefficient (Wildman–Crippen LogP) is 2.54. The maximum atomic E-state index is 13.8. The van der Waals surface area contributed by atoms with Crippen molar-refractivity contribution in [2.45, 2.75) is 109 Å². The van der Waals surface area contributed by atoms with Gasteiger partial charge in [0.25, 0.3) is 11.8 Å². The number of urea groups is 1. The van der Waals surface area contributed by atoms with Gasteiger partial charge in [-0.3, -0.25) is 38.5 Å². The van der Waals surface area contributed by atoms with E-state index >= 15 is 0 Å². The van der Waals surface area contributed by atoms with E-state index in [1.165, 1.54) is 12.2 Å². The molecule has 19 heteroatoms. The molecule has 19 nitrogen and oxygen atoms in total. The summed E-state index contributed by atoms with van der Waals surface area (Å²) < 4.78 is 0. The van der Waals surface area contributed by atoms with Crippen LogP contribution in [0.1, 0.15) is 102 Å². The van der Waals surface area contributed by atoms with Gasteiger partial charge in [0.2, 0.25) is 29.5 Å². The van der Waals surface area contributed by atoms with Gasteiger partial charge >= 0.3 is 6.03 Å². The number of benzene rings is 2. The number of aliphatic hydroxyl groups excluding tert-OH is 1. The first-order valence-electron chi connectivity index (χ1n) is 23.0. The van der Waals surface area contributed by atoms with Gasteiger partial charge in [-0.05, 0) is 86.3 Å². The zero-order valence-corrected chi connectivity index (χ0v) is 38.5. The van der Waals surface area contributed by atoms with Gasteiger partial charge in [0.15, 0.2) is 0 Å². The molecule has 0 radical (unpaired) electrons. The Morgan fingerprint density at radius 1 is 0.910 bits per heavy atom. The number of rotatable bonds is 25. The SMILES string of the molecule is CCCN(CCO)C(=O)C1=Cc2ccc(C3(C(=O)NCc4cccc(NC(=O)C(CCCNC(N)=O)NC(=O)C(NC(=O)CCCCCN5C(=O)C=CC5=O)C(C)C)c4)CC3)cc2N=C(N)C1. The van der Waals surface area contributed by atoms with Gasteiger partial charge in [-0.2, -0.15) is 0 Å². The number of primary amides is 1. The van der Waals surface area contributed by atoms with Crippen molar-refractivity contribution >= 4 is 70.7 Å². The quantitative estimate of drug-likeness (QED) is 0.0532. The third-order valence-electron chi connectivity index (χ3n) is 11.9. The number of fused-ring (bicyclic) bond motifs is 1. The van der Waals surface area contributed by atoms with E-state index in [1.807, 2.05) is 25.1 Å². The van der Waals surface area contributed by atoms with Crippen molar-refractivity contribution in [1.82, 2.24) is 31.1 Å². The van der Waals surface area contributed by atoms with E-state index in [4.69, 9.17) is 11.5 Å². The Bertz CT molecular complexity index is 2260. The normalized spacial score (nSPS) is 15.6. The molecule has 67 heavy (non-hydrogen) atoms. The van der Waals surface area contributed by atoms with E-state index in [9.17, 15) is 43.5 Å². The van der Waals surface area contributed by atoms with Crippen molar-refractivity contribution in [2.75, 3.05) is 38.1 Å². The minimum absolute atomic E-state index is 0.116. The van der Waals surface area contributed by atoms with Gasteiger partial charge in [0, 0.05) is 74.5 Å². The second-order valence-electron chi connectivity index (χ2n) is 17.4. The topological polar surface area (TPSA) is 288 Å². The summed E-state index contributed by atoms with van der Waals surface area (Å²) in [6.45, 7) is 6.62. The molecule has 2 aromatic carbocycles. The van der Waals surface area contributed by atoms with Crippen LogP contribution in [0.15, 0.2) is 65.2 Å². The van der Waals surface area contributed by atoms with Crippen LogP contribution in [-0.4, -0.2) is 113 Å². The number of hydrogen-bond donors (Lipinski definition) is 8. The maximum absolute atomic E-state index is 13.8. The number of amidine groups is 1. The summed E-state index contributed by atoms with van der Waals surface area (Å²) in [5.41, 5.74) is 14.3. The number of carbonyl (C=O) groups is 8. The Kier molecular flexibility index (Phi) is 18.3. The van der Waals surface area contributed by atoms with Crippen LogP contribution >= 0.6 is 0 Å². The van der Waals surface area contributed by atoms with Crippen LogP contribution in [0.4, 0.5) is 16.2 Å². The lowest BCUT2D eigenvalue weighted by Crippen LogP contribution is -2.54. The molecule has 3 aliphatic rings. The number of unbranched alkanes of at least 4 members (excludes halogenated alkanes) is 2. The fourth-order valence-electron chi connectivity index (χ4n) is 8.06. The molecule has 2 atom stereocenters. The smallest absolute Gasteiger partial charge is 0.312 e. The van der Waals surface area contributed by atoms with E-state index in [0.717, 1.165) is 16.9 Å². The van der Waals surface area contributed by atoms with Crippen molar-refractivity contribution in [2.24, 2.45) is 22.4 Å². The van der Waals surface area contributed by atoms with Gasteiger partial charge in [-0.15, -0.1) is 0 Å². The van der Waals surface area contributed by atoms with E-state index in [1.54, 1.807) is 49.1 Å². The molecule has 2 heterocycles. The lowest BCUT2D eigenvalue weighted by atomic mass is 9.92. The van der Waals surface area contributed by atoms with Crippen molar-refractivity contribution in [3.63, 3.8) is 0 Å². The summed E-state index contributed by atoms with van der Waals surface area (Å²) in [5.74, 6) is -2.63. The molecule has 0 aromatic heterocycles. The summed E-state index contributed by atoms with van der Waals surface area (Å²) >= 11 is 0. The summed E-state index contributed by atoms with van der Waals surface area (Å²) in [7, 11) is 0. The largest absolute Gasteiger partial charge is 0.395 e. The molecule has 0 bridgehead atoms. The number of anilines is 1. The fourth-order valence-corrected chi connectivity index (χ4v) is 8.06. The highest BCUT2D eigenvalue weighted by atomic mass is 16.3. The Labute approximate surface area is 390 Å². The number of hydrogen-bond acceptors (Lipinski definition) is 11. The monoisotopic (exact) mass is 924 g/mol. The highest BCUT2D eigenvalue weighted by Crippen LogP contribution is 2.50. The first-order chi connectivity index (χ1) is 32.0. The Morgan fingerprint density at radius 3 is 2.33 bits per heavy atom. The number of nitrogens with zero attached hydrogens (tertiary/aromatic N) is 3. The highest BCUT2D eigenvalue weighted by molar-refractivity contribution is 6.13. The number of aliphatic hydroxyl groups is 1.